The quantitative estimate of drug-likeness (QED) is 0.920. The molecule has 2 aromatic rings. The maximum absolute atomic E-state index is 13.8. The summed E-state index contributed by atoms with van der Waals surface area (Å²) in [6.45, 7) is 3.23. The van der Waals surface area contributed by atoms with Crippen LogP contribution in [0.1, 0.15) is 30.1 Å². The molecule has 1 amide bonds. The number of carbonyl (C=O) groups is 1. The fourth-order valence-electron chi connectivity index (χ4n) is 3.00. The maximum Gasteiger partial charge on any atom is 0.256 e. The molecule has 0 bridgehead atoms. The van der Waals surface area contributed by atoms with Crippen molar-refractivity contribution < 1.29 is 9.18 Å². The first-order valence-electron chi connectivity index (χ1n) is 7.51. The summed E-state index contributed by atoms with van der Waals surface area (Å²) in [4.78, 5) is 22.8. The molecule has 1 saturated heterocycles. The highest BCUT2D eigenvalue weighted by atomic mass is 19.1. The van der Waals surface area contributed by atoms with Gasteiger partial charge in [0.25, 0.3) is 5.91 Å². The molecule has 0 saturated carbocycles. The van der Waals surface area contributed by atoms with E-state index in [4.69, 9.17) is 5.73 Å². The Hall–Kier alpha value is -2.08. The Labute approximate surface area is 128 Å². The van der Waals surface area contributed by atoms with Crippen molar-refractivity contribution in [3.8, 4) is 0 Å². The van der Waals surface area contributed by atoms with E-state index in [0.29, 0.717) is 24.1 Å². The number of nitrogens with zero attached hydrogens (tertiary/aromatic N) is 3. The van der Waals surface area contributed by atoms with E-state index < -0.39 is 5.82 Å². The van der Waals surface area contributed by atoms with Crippen molar-refractivity contribution in [2.75, 3.05) is 13.1 Å². The van der Waals surface area contributed by atoms with Crippen LogP contribution in [0.15, 0.2) is 24.5 Å². The summed E-state index contributed by atoms with van der Waals surface area (Å²) in [6, 6.07) is 2.58. The van der Waals surface area contributed by atoms with Gasteiger partial charge < -0.3 is 10.6 Å². The summed E-state index contributed by atoms with van der Waals surface area (Å²) in [5.41, 5.74) is 7.07. The largest absolute Gasteiger partial charge is 0.338 e. The highest BCUT2D eigenvalue weighted by Crippen LogP contribution is 2.23. The molecule has 1 fully saturated rings. The smallest absolute Gasteiger partial charge is 0.256 e. The van der Waals surface area contributed by atoms with Crippen LogP contribution in [0.4, 0.5) is 4.39 Å². The third-order valence-electron chi connectivity index (χ3n) is 4.26. The number of hydrogen-bond acceptors (Lipinski definition) is 4. The Bertz CT molecular complexity index is 704. The first-order valence-corrected chi connectivity index (χ1v) is 7.51. The van der Waals surface area contributed by atoms with E-state index >= 15 is 0 Å². The summed E-state index contributed by atoms with van der Waals surface area (Å²) in [6.07, 6.45) is 4.93. The average Bonchev–Trinajstić information content (AvgIpc) is 2.53. The number of piperidine rings is 1. The molecule has 0 aliphatic carbocycles. The molecule has 2 N–H and O–H groups in total. The highest BCUT2D eigenvalue weighted by molar-refractivity contribution is 6.04. The van der Waals surface area contributed by atoms with Crippen molar-refractivity contribution in [2.24, 2.45) is 11.7 Å². The van der Waals surface area contributed by atoms with E-state index in [1.807, 2.05) is 6.92 Å². The van der Waals surface area contributed by atoms with Gasteiger partial charge in [-0.25, -0.2) is 4.39 Å². The molecule has 1 aromatic carbocycles. The monoisotopic (exact) mass is 302 g/mol. The number of amides is 1. The number of aromatic nitrogens is 2. The summed E-state index contributed by atoms with van der Waals surface area (Å²) < 4.78 is 13.8. The van der Waals surface area contributed by atoms with Crippen molar-refractivity contribution in [3.05, 3.63) is 35.9 Å². The number of fused-ring (bicyclic) bond motifs is 1. The van der Waals surface area contributed by atoms with Gasteiger partial charge in [-0.3, -0.25) is 14.8 Å². The zero-order valence-electron chi connectivity index (χ0n) is 12.5. The van der Waals surface area contributed by atoms with Crippen molar-refractivity contribution in [1.82, 2.24) is 14.9 Å². The van der Waals surface area contributed by atoms with Crippen molar-refractivity contribution in [2.45, 2.75) is 25.8 Å². The lowest BCUT2D eigenvalue weighted by atomic mass is 9.92. The van der Waals surface area contributed by atoms with Gasteiger partial charge in [-0.1, -0.05) is 0 Å². The Morgan fingerprint density at radius 2 is 2.18 bits per heavy atom. The van der Waals surface area contributed by atoms with Crippen LogP contribution in [0.2, 0.25) is 0 Å². The Morgan fingerprint density at radius 3 is 2.95 bits per heavy atom. The lowest BCUT2D eigenvalue weighted by Crippen LogP contribution is -2.45. The van der Waals surface area contributed by atoms with Crippen LogP contribution in [0, 0.1) is 11.7 Å². The molecule has 3 rings (SSSR count). The molecule has 6 heteroatoms. The zero-order valence-corrected chi connectivity index (χ0v) is 12.5. The Balaban J connectivity index is 1.95. The number of hydrogen-bond donors (Lipinski definition) is 1. The minimum Gasteiger partial charge on any atom is -0.338 e. The molecule has 1 aliphatic heterocycles. The number of nitrogens with two attached hydrogens (primary N) is 1. The molecule has 5 nitrogen and oxygen atoms in total. The molecule has 22 heavy (non-hydrogen) atoms. The van der Waals surface area contributed by atoms with E-state index in [-0.39, 0.29) is 23.4 Å². The second kappa shape index (κ2) is 5.96. The summed E-state index contributed by atoms with van der Waals surface area (Å²) in [5, 5.41) is 0. The van der Waals surface area contributed by atoms with Crippen LogP contribution in [0.5, 0.6) is 0 Å². The van der Waals surface area contributed by atoms with Gasteiger partial charge in [0.15, 0.2) is 0 Å². The van der Waals surface area contributed by atoms with Crippen LogP contribution >= 0.6 is 0 Å². The van der Waals surface area contributed by atoms with Crippen molar-refractivity contribution in [1.29, 1.82) is 0 Å². The average molecular weight is 302 g/mol. The van der Waals surface area contributed by atoms with Gasteiger partial charge in [-0.2, -0.15) is 0 Å². The fourth-order valence-corrected chi connectivity index (χ4v) is 3.00. The molecule has 2 atom stereocenters. The topological polar surface area (TPSA) is 72.1 Å². The molecule has 116 valence electrons. The van der Waals surface area contributed by atoms with Gasteiger partial charge >= 0.3 is 0 Å². The van der Waals surface area contributed by atoms with Crippen LogP contribution < -0.4 is 5.73 Å². The normalized spacial score (nSPS) is 20.1. The first kappa shape index (κ1) is 14.8. The van der Waals surface area contributed by atoms with E-state index in [9.17, 15) is 9.18 Å². The summed E-state index contributed by atoms with van der Waals surface area (Å²) in [5.74, 6) is -0.393. The van der Waals surface area contributed by atoms with E-state index in [0.717, 1.165) is 12.8 Å². The minimum absolute atomic E-state index is 0.0413. The van der Waals surface area contributed by atoms with E-state index in [1.165, 1.54) is 24.5 Å². The SMILES string of the molecule is C[C@@H](N)[C@H]1CCCN(C(=O)c2cc(F)cc3nccnc23)C1. The van der Waals surface area contributed by atoms with E-state index in [2.05, 4.69) is 9.97 Å². The van der Waals surface area contributed by atoms with Crippen molar-refractivity contribution >= 4 is 16.9 Å². The van der Waals surface area contributed by atoms with Crippen LogP contribution in [0.3, 0.4) is 0 Å². The Morgan fingerprint density at radius 1 is 1.41 bits per heavy atom. The molecular weight excluding hydrogens is 283 g/mol. The molecular formula is C16H19FN4O. The number of rotatable bonds is 2. The summed E-state index contributed by atoms with van der Waals surface area (Å²) >= 11 is 0. The van der Waals surface area contributed by atoms with Gasteiger partial charge in [-0.05, 0) is 31.7 Å². The highest BCUT2D eigenvalue weighted by Gasteiger charge is 2.28. The molecule has 2 heterocycles. The fraction of sp³-hybridized carbons (Fsp3) is 0.438. The minimum atomic E-state index is -0.475. The van der Waals surface area contributed by atoms with Gasteiger partial charge in [0.1, 0.15) is 11.3 Å². The lowest BCUT2D eigenvalue weighted by molar-refractivity contribution is 0.0662. The zero-order chi connectivity index (χ0) is 15.7. The van der Waals surface area contributed by atoms with Gasteiger partial charge in [0.2, 0.25) is 0 Å². The molecule has 0 spiro atoms. The Kier molecular flexibility index (Phi) is 4.02. The summed E-state index contributed by atoms with van der Waals surface area (Å²) in [7, 11) is 0. The standard InChI is InChI=1S/C16H19FN4O/c1-10(18)11-3-2-6-21(9-11)16(22)13-7-12(17)8-14-15(13)20-5-4-19-14/h4-5,7-8,10-11H,2-3,6,9,18H2,1H3/t10-,11+/m1/s1. The predicted molar refractivity (Wildman–Crippen MR) is 81.8 cm³/mol. The second-order valence-electron chi connectivity index (χ2n) is 5.89. The predicted octanol–water partition coefficient (Wildman–Crippen LogP) is 1.97. The number of likely N-dealkylation sites (tertiary alicyclic amines) is 1. The van der Waals surface area contributed by atoms with Gasteiger partial charge in [-0.15, -0.1) is 0 Å². The first-order chi connectivity index (χ1) is 10.6. The third-order valence-corrected chi connectivity index (χ3v) is 4.26. The van der Waals surface area contributed by atoms with E-state index in [1.54, 1.807) is 4.90 Å². The van der Waals surface area contributed by atoms with Crippen LogP contribution in [-0.2, 0) is 0 Å². The number of carbonyl (C=O) groups excluding carboxylic acids is 1. The molecule has 0 unspecified atom stereocenters. The second-order valence-corrected chi connectivity index (χ2v) is 5.89. The van der Waals surface area contributed by atoms with Gasteiger partial charge in [0.05, 0.1) is 11.1 Å². The number of benzene rings is 1. The molecule has 0 radical (unpaired) electrons. The third kappa shape index (κ3) is 2.78. The van der Waals surface area contributed by atoms with Crippen LogP contribution in [-0.4, -0.2) is 39.9 Å². The van der Waals surface area contributed by atoms with Crippen molar-refractivity contribution in [3.63, 3.8) is 0 Å². The molecule has 1 aliphatic rings. The van der Waals surface area contributed by atoms with Crippen LogP contribution in [0.25, 0.3) is 11.0 Å². The van der Waals surface area contributed by atoms with Gasteiger partial charge in [0, 0.05) is 37.6 Å². The maximum atomic E-state index is 13.8. The lowest BCUT2D eigenvalue weighted by Gasteiger charge is -2.34. The number of halogens is 1. The molecule has 1 aromatic heterocycles.